The van der Waals surface area contributed by atoms with Gasteiger partial charge in [0.15, 0.2) is 11.4 Å². The number of methoxy groups -OCH3 is 2. The van der Waals surface area contributed by atoms with Crippen LogP contribution in [0.5, 0.6) is 17.2 Å². The Kier molecular flexibility index (Phi) is 9.34. The van der Waals surface area contributed by atoms with Gasteiger partial charge in [0.2, 0.25) is 0 Å². The summed E-state index contributed by atoms with van der Waals surface area (Å²) in [5.41, 5.74) is 1.89. The maximum atomic E-state index is 14.0. The lowest BCUT2D eigenvalue weighted by Gasteiger charge is -2.30. The number of nitrogens with zero attached hydrogens (tertiary/aromatic N) is 3. The monoisotopic (exact) mass is 643 g/mol. The average molecular weight is 645 g/mol. The first-order chi connectivity index (χ1) is 19.6. The number of hydrogen-bond acceptors (Lipinski definition) is 8. The van der Waals surface area contributed by atoms with Gasteiger partial charge in [-0.05, 0) is 78.7 Å². The van der Waals surface area contributed by atoms with Crippen LogP contribution in [0.1, 0.15) is 37.9 Å². The second kappa shape index (κ2) is 12.7. The van der Waals surface area contributed by atoms with Crippen LogP contribution in [-0.2, 0) is 9.59 Å². The summed E-state index contributed by atoms with van der Waals surface area (Å²) in [5.74, 6) is 0.138. The van der Waals surface area contributed by atoms with Crippen LogP contribution in [0.2, 0.25) is 0 Å². The molecule has 12 heteroatoms. The molecule has 1 amide bonds. The molecule has 2 aromatic carbocycles. The highest BCUT2D eigenvalue weighted by Crippen LogP contribution is 2.38. The fourth-order valence-electron chi connectivity index (χ4n) is 4.64. The first-order valence-corrected chi connectivity index (χ1v) is 14.4. The van der Waals surface area contributed by atoms with Crippen molar-refractivity contribution in [1.29, 1.82) is 0 Å². The van der Waals surface area contributed by atoms with Crippen molar-refractivity contribution in [2.75, 3.05) is 33.9 Å². The Morgan fingerprint density at radius 3 is 2.44 bits per heavy atom. The molecule has 3 aromatic rings. The molecule has 1 atom stereocenters. The van der Waals surface area contributed by atoms with Gasteiger partial charge in [-0.1, -0.05) is 17.4 Å². The van der Waals surface area contributed by atoms with Gasteiger partial charge in [0.05, 0.1) is 34.5 Å². The van der Waals surface area contributed by atoms with Crippen LogP contribution in [0.4, 0.5) is 0 Å². The minimum absolute atomic E-state index is 0.207. The summed E-state index contributed by atoms with van der Waals surface area (Å²) in [6.45, 7) is 6.12. The van der Waals surface area contributed by atoms with E-state index in [1.54, 1.807) is 68.5 Å². The van der Waals surface area contributed by atoms with E-state index in [9.17, 15) is 14.4 Å². The van der Waals surface area contributed by atoms with Gasteiger partial charge in [0.25, 0.3) is 11.5 Å². The molecule has 1 N–H and O–H groups in total. The molecule has 0 fully saturated rings. The first-order valence-electron chi connectivity index (χ1n) is 12.8. The average Bonchev–Trinajstić information content (AvgIpc) is 3.25. The van der Waals surface area contributed by atoms with Gasteiger partial charge in [0, 0.05) is 18.7 Å². The van der Waals surface area contributed by atoms with Crippen LogP contribution in [0.25, 0.3) is 6.08 Å². The normalized spacial score (nSPS) is 14.8. The molecule has 2 heterocycles. The highest BCUT2D eigenvalue weighted by Gasteiger charge is 2.36. The Hall–Kier alpha value is -3.90. The van der Waals surface area contributed by atoms with Crippen molar-refractivity contribution in [3.05, 3.63) is 83.0 Å². The van der Waals surface area contributed by atoms with Gasteiger partial charge < -0.3 is 24.2 Å². The standard InChI is InChI=1S/C29H30BrN3O7S/c1-6-32(7-2)28(37)25-16(3)31-29-33(26(25)19-14-18(38-4)9-11-21(19)39-5)27(36)23(41-29)13-17-8-10-22(20(30)12-17)40-15-24(34)35/h8-14,26H,6-7,15H2,1-5H3,(H,34,35)/b23-13-/t26-/m1/s1. The minimum atomic E-state index is -1.08. The molecular weight excluding hydrogens is 614 g/mol. The first kappa shape index (κ1) is 30.1. The Morgan fingerprint density at radius 2 is 1.83 bits per heavy atom. The smallest absolute Gasteiger partial charge is 0.341 e. The number of carbonyl (C=O) groups excluding carboxylic acids is 1. The third-order valence-electron chi connectivity index (χ3n) is 6.64. The molecule has 0 bridgehead atoms. The van der Waals surface area contributed by atoms with Crippen molar-refractivity contribution < 1.29 is 28.9 Å². The summed E-state index contributed by atoms with van der Waals surface area (Å²) in [4.78, 5) is 45.6. The largest absolute Gasteiger partial charge is 0.497 e. The van der Waals surface area contributed by atoms with Gasteiger partial charge in [-0.25, -0.2) is 9.79 Å². The van der Waals surface area contributed by atoms with Gasteiger partial charge >= 0.3 is 5.97 Å². The number of carbonyl (C=O) groups is 2. The van der Waals surface area contributed by atoms with E-state index in [-0.39, 0.29) is 11.5 Å². The number of aromatic nitrogens is 1. The molecule has 1 aromatic heterocycles. The van der Waals surface area contributed by atoms with Gasteiger partial charge in [-0.15, -0.1) is 0 Å². The number of hydrogen-bond donors (Lipinski definition) is 1. The Balaban J connectivity index is 1.93. The van der Waals surface area contributed by atoms with Crippen LogP contribution >= 0.6 is 27.3 Å². The second-order valence-corrected chi connectivity index (χ2v) is 10.9. The van der Waals surface area contributed by atoms with Gasteiger partial charge in [-0.2, -0.15) is 0 Å². The maximum absolute atomic E-state index is 14.0. The number of aliphatic carboxylic acids is 1. The molecule has 4 rings (SSSR count). The van der Waals surface area contributed by atoms with E-state index in [4.69, 9.17) is 24.3 Å². The molecule has 0 saturated heterocycles. The molecule has 0 spiro atoms. The molecule has 0 unspecified atom stereocenters. The van der Waals surface area contributed by atoms with E-state index in [1.165, 1.54) is 15.9 Å². The van der Waals surface area contributed by atoms with Crippen LogP contribution in [0.3, 0.4) is 0 Å². The molecular formula is C29H30BrN3O7S. The van der Waals surface area contributed by atoms with E-state index in [1.807, 2.05) is 13.8 Å². The number of ether oxygens (including phenoxy) is 3. The molecule has 41 heavy (non-hydrogen) atoms. The summed E-state index contributed by atoms with van der Waals surface area (Å²) in [6, 6.07) is 9.58. The second-order valence-electron chi connectivity index (χ2n) is 9.04. The Labute approximate surface area is 248 Å². The highest BCUT2D eigenvalue weighted by molar-refractivity contribution is 9.10. The fourth-order valence-corrected chi connectivity index (χ4v) is 6.20. The van der Waals surface area contributed by atoms with Crippen molar-refractivity contribution in [3.8, 4) is 17.2 Å². The third kappa shape index (κ3) is 6.08. The SMILES string of the molecule is CCN(CC)C(=O)C1=C(C)N=c2s/c(=C\c3ccc(OCC(=O)O)c(Br)c3)c(=O)n2[C@@H]1c1cc(OC)ccc1OC. The lowest BCUT2D eigenvalue weighted by atomic mass is 9.93. The van der Waals surface area contributed by atoms with E-state index in [2.05, 4.69) is 15.9 Å². The summed E-state index contributed by atoms with van der Waals surface area (Å²) in [6.07, 6.45) is 1.72. The van der Waals surface area contributed by atoms with Crippen LogP contribution in [-0.4, -0.2) is 60.4 Å². The van der Waals surface area contributed by atoms with E-state index >= 15 is 0 Å². The number of likely N-dealkylation sites (N-methyl/N-ethyl adjacent to an activating group) is 1. The van der Waals surface area contributed by atoms with Crippen LogP contribution in [0.15, 0.2) is 61.9 Å². The van der Waals surface area contributed by atoms with Gasteiger partial charge in [0.1, 0.15) is 23.3 Å². The highest BCUT2D eigenvalue weighted by atomic mass is 79.9. The number of benzene rings is 2. The minimum Gasteiger partial charge on any atom is -0.497 e. The summed E-state index contributed by atoms with van der Waals surface area (Å²) in [5, 5.41) is 8.89. The number of carboxylic acid groups (broad SMARTS) is 1. The number of fused-ring (bicyclic) bond motifs is 1. The predicted molar refractivity (Wildman–Crippen MR) is 159 cm³/mol. The van der Waals surface area contributed by atoms with Gasteiger partial charge in [-0.3, -0.25) is 14.2 Å². The Morgan fingerprint density at radius 1 is 1.12 bits per heavy atom. The zero-order chi connectivity index (χ0) is 29.8. The van der Waals surface area contributed by atoms with Crippen molar-refractivity contribution in [1.82, 2.24) is 9.47 Å². The zero-order valence-corrected chi connectivity index (χ0v) is 25.7. The van der Waals surface area contributed by atoms with Crippen molar-refractivity contribution in [2.45, 2.75) is 26.8 Å². The number of carboxylic acids is 1. The molecule has 0 saturated carbocycles. The molecule has 10 nitrogen and oxygen atoms in total. The van der Waals surface area contributed by atoms with E-state index < -0.39 is 18.6 Å². The lowest BCUT2D eigenvalue weighted by Crippen LogP contribution is -2.43. The van der Waals surface area contributed by atoms with Crippen LogP contribution < -0.4 is 29.1 Å². The van der Waals surface area contributed by atoms with Crippen LogP contribution in [0, 0.1) is 0 Å². The molecule has 1 aliphatic rings. The molecule has 0 radical (unpaired) electrons. The van der Waals surface area contributed by atoms with Crippen molar-refractivity contribution in [3.63, 3.8) is 0 Å². The summed E-state index contributed by atoms with van der Waals surface area (Å²) >= 11 is 4.62. The number of halogens is 1. The van der Waals surface area contributed by atoms with E-state index in [0.29, 0.717) is 66.5 Å². The summed E-state index contributed by atoms with van der Waals surface area (Å²) < 4.78 is 18.9. The quantitative estimate of drug-likeness (QED) is 0.360. The zero-order valence-electron chi connectivity index (χ0n) is 23.3. The number of amides is 1. The number of allylic oxidation sites excluding steroid dienone is 1. The van der Waals surface area contributed by atoms with E-state index in [0.717, 1.165) is 0 Å². The third-order valence-corrected chi connectivity index (χ3v) is 8.24. The number of thiazole rings is 1. The number of rotatable bonds is 10. The lowest BCUT2D eigenvalue weighted by molar-refractivity contribution is -0.139. The predicted octanol–water partition coefficient (Wildman–Crippen LogP) is 3.35. The summed E-state index contributed by atoms with van der Waals surface area (Å²) in [7, 11) is 3.09. The topological polar surface area (TPSA) is 120 Å². The fraction of sp³-hybridized carbons (Fsp3) is 0.310. The Bertz CT molecular complexity index is 1710. The molecule has 0 aliphatic carbocycles. The van der Waals surface area contributed by atoms with Crippen molar-refractivity contribution >= 4 is 45.2 Å². The van der Waals surface area contributed by atoms with Crippen molar-refractivity contribution in [2.24, 2.45) is 4.99 Å². The molecule has 216 valence electrons. The maximum Gasteiger partial charge on any atom is 0.341 e. The molecule has 1 aliphatic heterocycles.